The van der Waals surface area contributed by atoms with Crippen LogP contribution < -0.4 is 10.1 Å². The topological polar surface area (TPSA) is 84.7 Å². The lowest BCUT2D eigenvalue weighted by Crippen LogP contribution is -2.42. The van der Waals surface area contributed by atoms with Crippen molar-refractivity contribution in [2.24, 2.45) is 0 Å². The van der Waals surface area contributed by atoms with E-state index < -0.39 is 0 Å². The van der Waals surface area contributed by atoms with E-state index in [1.54, 1.807) is 41.3 Å². The van der Waals surface area contributed by atoms with Crippen molar-refractivity contribution in [2.75, 3.05) is 26.7 Å². The number of pyridine rings is 1. The zero-order valence-corrected chi connectivity index (χ0v) is 20.1. The number of nitrogens with one attached hydrogen (secondary N) is 1. The van der Waals surface area contributed by atoms with Gasteiger partial charge in [-0.15, -0.1) is 11.3 Å². The van der Waals surface area contributed by atoms with Crippen molar-refractivity contribution in [1.29, 1.82) is 0 Å². The summed E-state index contributed by atoms with van der Waals surface area (Å²) >= 11 is 1.63. The summed E-state index contributed by atoms with van der Waals surface area (Å²) in [6.07, 6.45) is 3.59. The molecule has 0 aliphatic rings. The number of methoxy groups -OCH3 is 1. The summed E-state index contributed by atoms with van der Waals surface area (Å²) in [6.45, 7) is 8.79. The van der Waals surface area contributed by atoms with E-state index in [9.17, 15) is 4.79 Å². The first-order valence-corrected chi connectivity index (χ1v) is 11.9. The molecule has 0 fully saturated rings. The molecule has 0 aliphatic carbocycles. The lowest BCUT2D eigenvalue weighted by Gasteiger charge is -2.26. The first-order valence-electron chi connectivity index (χ1n) is 11.0. The molecule has 0 saturated heterocycles. The zero-order valence-electron chi connectivity index (χ0n) is 19.3. The number of fused-ring (bicyclic) bond motifs is 1. The van der Waals surface area contributed by atoms with Crippen LogP contribution in [0, 0.1) is 0 Å². The Hall–Kier alpha value is -3.30. The van der Waals surface area contributed by atoms with E-state index in [-0.39, 0.29) is 11.9 Å². The van der Waals surface area contributed by atoms with Crippen LogP contribution in [0.1, 0.15) is 31.1 Å². The van der Waals surface area contributed by atoms with Gasteiger partial charge in [0.1, 0.15) is 0 Å². The van der Waals surface area contributed by atoms with Gasteiger partial charge in [-0.05, 0) is 43.6 Å². The predicted molar refractivity (Wildman–Crippen MR) is 131 cm³/mol. The van der Waals surface area contributed by atoms with Crippen molar-refractivity contribution < 1.29 is 9.53 Å². The summed E-state index contributed by atoms with van der Waals surface area (Å²) < 4.78 is 7.10. The number of nitrogens with zero attached hydrogens (tertiary/aromatic N) is 5. The Bertz CT molecular complexity index is 1230. The average molecular weight is 465 g/mol. The van der Waals surface area contributed by atoms with E-state index in [1.807, 2.05) is 29.8 Å². The SMILES string of the molecule is CCN(CC)C(C)CNC(=O)c1cc(OC)nc(-c2cnn3ccc(-c4cccs4)nc23)c1. The third-order valence-corrected chi connectivity index (χ3v) is 6.58. The van der Waals surface area contributed by atoms with Crippen LogP contribution >= 0.6 is 11.3 Å². The monoisotopic (exact) mass is 464 g/mol. The highest BCUT2D eigenvalue weighted by atomic mass is 32.1. The number of aromatic nitrogens is 4. The summed E-state index contributed by atoms with van der Waals surface area (Å²) in [4.78, 5) is 25.7. The molecule has 4 rings (SSSR count). The first kappa shape index (κ1) is 22.9. The highest BCUT2D eigenvalue weighted by Gasteiger charge is 2.17. The predicted octanol–water partition coefficient (Wildman–Crippen LogP) is 3.99. The van der Waals surface area contributed by atoms with Gasteiger partial charge in [-0.1, -0.05) is 19.9 Å². The van der Waals surface area contributed by atoms with E-state index in [1.165, 1.54) is 0 Å². The molecular weight excluding hydrogens is 436 g/mol. The van der Waals surface area contributed by atoms with Crippen LogP contribution in [-0.2, 0) is 0 Å². The molecule has 8 nitrogen and oxygen atoms in total. The Morgan fingerprint density at radius 3 is 2.73 bits per heavy atom. The highest BCUT2D eigenvalue weighted by Crippen LogP contribution is 2.28. The van der Waals surface area contributed by atoms with Crippen molar-refractivity contribution in [1.82, 2.24) is 29.8 Å². The fraction of sp³-hybridized carbons (Fsp3) is 0.333. The maximum atomic E-state index is 13.0. The second kappa shape index (κ2) is 10.1. The Morgan fingerprint density at radius 2 is 2.03 bits per heavy atom. The molecule has 0 saturated carbocycles. The molecule has 1 N–H and O–H groups in total. The van der Waals surface area contributed by atoms with Crippen molar-refractivity contribution in [3.8, 4) is 27.7 Å². The molecule has 0 spiro atoms. The average Bonchev–Trinajstić information content (AvgIpc) is 3.52. The Kier molecular flexibility index (Phi) is 7.00. The number of carbonyl (C=O) groups is 1. The summed E-state index contributed by atoms with van der Waals surface area (Å²) in [5, 5.41) is 9.48. The van der Waals surface area contributed by atoms with Crippen molar-refractivity contribution in [2.45, 2.75) is 26.8 Å². The normalized spacial score (nSPS) is 12.3. The van der Waals surface area contributed by atoms with Gasteiger partial charge in [0.25, 0.3) is 5.91 Å². The number of thiophene rings is 1. The van der Waals surface area contributed by atoms with Gasteiger partial charge in [-0.25, -0.2) is 14.5 Å². The fourth-order valence-corrected chi connectivity index (χ4v) is 4.50. The zero-order chi connectivity index (χ0) is 23.4. The molecule has 0 aliphatic heterocycles. The van der Waals surface area contributed by atoms with Gasteiger partial charge in [0.15, 0.2) is 5.65 Å². The first-order chi connectivity index (χ1) is 16.0. The highest BCUT2D eigenvalue weighted by molar-refractivity contribution is 7.13. The maximum absolute atomic E-state index is 13.0. The number of rotatable bonds is 9. The fourth-order valence-electron chi connectivity index (χ4n) is 3.81. The smallest absolute Gasteiger partial charge is 0.251 e. The number of hydrogen-bond donors (Lipinski definition) is 1. The van der Waals surface area contributed by atoms with E-state index in [2.05, 4.69) is 41.1 Å². The lowest BCUT2D eigenvalue weighted by atomic mass is 10.1. The van der Waals surface area contributed by atoms with E-state index >= 15 is 0 Å². The van der Waals surface area contributed by atoms with Crippen LogP contribution in [0.2, 0.25) is 0 Å². The number of carbonyl (C=O) groups excluding carboxylic acids is 1. The van der Waals surface area contributed by atoms with Gasteiger partial charge in [0, 0.05) is 30.4 Å². The Morgan fingerprint density at radius 1 is 1.21 bits per heavy atom. The summed E-state index contributed by atoms with van der Waals surface area (Å²) in [7, 11) is 1.54. The summed E-state index contributed by atoms with van der Waals surface area (Å²) in [5.74, 6) is 0.197. The van der Waals surface area contributed by atoms with Gasteiger partial charge < -0.3 is 10.1 Å². The number of ether oxygens (including phenoxy) is 1. The lowest BCUT2D eigenvalue weighted by molar-refractivity contribution is 0.0937. The van der Waals surface area contributed by atoms with Crippen LogP contribution in [-0.4, -0.2) is 63.2 Å². The van der Waals surface area contributed by atoms with Crippen LogP contribution in [0.15, 0.2) is 48.1 Å². The van der Waals surface area contributed by atoms with Gasteiger partial charge >= 0.3 is 0 Å². The second-order valence-corrected chi connectivity index (χ2v) is 8.63. The quantitative estimate of drug-likeness (QED) is 0.403. The minimum Gasteiger partial charge on any atom is -0.481 e. The van der Waals surface area contributed by atoms with E-state index in [0.717, 1.165) is 29.2 Å². The molecule has 1 amide bonds. The van der Waals surface area contributed by atoms with Gasteiger partial charge in [-0.2, -0.15) is 5.10 Å². The molecule has 9 heteroatoms. The summed E-state index contributed by atoms with van der Waals surface area (Å²) in [6, 6.07) is 9.62. The molecule has 1 unspecified atom stereocenters. The van der Waals surface area contributed by atoms with Crippen LogP contribution in [0.3, 0.4) is 0 Å². The summed E-state index contributed by atoms with van der Waals surface area (Å²) in [5.41, 5.74) is 3.34. The van der Waals surface area contributed by atoms with Crippen LogP contribution in [0.25, 0.3) is 27.5 Å². The maximum Gasteiger partial charge on any atom is 0.251 e. The molecule has 33 heavy (non-hydrogen) atoms. The minimum atomic E-state index is -0.167. The third kappa shape index (κ3) is 4.89. The Balaban J connectivity index is 1.65. The largest absolute Gasteiger partial charge is 0.481 e. The van der Waals surface area contributed by atoms with Crippen LogP contribution in [0.5, 0.6) is 5.88 Å². The molecule has 0 bridgehead atoms. The molecular formula is C24H28N6O2S. The van der Waals surface area contributed by atoms with Crippen molar-refractivity contribution >= 4 is 22.9 Å². The molecule has 4 aromatic heterocycles. The van der Waals surface area contributed by atoms with Gasteiger partial charge in [-0.3, -0.25) is 9.69 Å². The van der Waals surface area contributed by atoms with Crippen molar-refractivity contribution in [3.63, 3.8) is 0 Å². The third-order valence-electron chi connectivity index (χ3n) is 5.69. The molecule has 172 valence electrons. The minimum absolute atomic E-state index is 0.167. The van der Waals surface area contributed by atoms with Crippen LogP contribution in [0.4, 0.5) is 0 Å². The van der Waals surface area contributed by atoms with Gasteiger partial charge in [0.05, 0.1) is 35.1 Å². The Labute approximate surface area is 197 Å². The number of hydrogen-bond acceptors (Lipinski definition) is 7. The molecule has 4 heterocycles. The van der Waals surface area contributed by atoms with Crippen molar-refractivity contribution in [3.05, 3.63) is 53.7 Å². The van der Waals surface area contributed by atoms with E-state index in [0.29, 0.717) is 29.3 Å². The second-order valence-electron chi connectivity index (χ2n) is 7.68. The number of amides is 1. The number of likely N-dealkylation sites (N-methyl/N-ethyl adjacent to an activating group) is 1. The molecule has 4 aromatic rings. The standard InChI is InChI=1S/C24H28N6O2S/c1-5-29(6-2)16(3)14-25-24(31)17-12-20(27-22(13-17)32-4)18-15-26-30-10-9-19(28-23(18)30)21-8-7-11-33-21/h7-13,15-16H,5-6,14H2,1-4H3,(H,25,31). The van der Waals surface area contributed by atoms with E-state index in [4.69, 9.17) is 9.72 Å². The molecule has 1 atom stereocenters. The van der Waals surface area contributed by atoms with Gasteiger partial charge in [0.2, 0.25) is 5.88 Å². The molecule has 0 radical (unpaired) electrons. The molecule has 0 aromatic carbocycles.